The van der Waals surface area contributed by atoms with Crippen LogP contribution in [0.15, 0.2) is 14.3 Å². The molecule has 2 aliphatic heterocycles. The smallest absolute Gasteiger partial charge is 0.166 e. The molecule has 0 atom stereocenters. The second-order valence-corrected chi connectivity index (χ2v) is 5.77. The summed E-state index contributed by atoms with van der Waals surface area (Å²) in [6, 6.07) is 0. The van der Waals surface area contributed by atoms with Crippen molar-refractivity contribution in [1.29, 1.82) is 0 Å². The molecule has 1 aromatic heterocycles. The molecular formula is C7H6N4S3. The molecule has 0 saturated carbocycles. The minimum Gasteiger partial charge on any atom is -0.250 e. The maximum Gasteiger partial charge on any atom is 0.166 e. The Kier molecular flexibility index (Phi) is 1.93. The number of nitrogens with zero attached hydrogens (tertiary/aromatic N) is 4. The van der Waals surface area contributed by atoms with Gasteiger partial charge in [0.05, 0.1) is 21.6 Å². The molecule has 3 rings (SSSR count). The fourth-order valence-electron chi connectivity index (χ4n) is 1.35. The zero-order valence-corrected chi connectivity index (χ0v) is 9.96. The van der Waals surface area contributed by atoms with E-state index in [0.29, 0.717) is 0 Å². The maximum absolute atomic E-state index is 4.54. The third-order valence-electron chi connectivity index (χ3n) is 1.96. The predicted octanol–water partition coefficient (Wildman–Crippen LogP) is 2.57. The van der Waals surface area contributed by atoms with Crippen LogP contribution in [0, 0.1) is 6.92 Å². The van der Waals surface area contributed by atoms with Gasteiger partial charge in [0, 0.05) is 7.05 Å². The molecule has 4 nitrogen and oxygen atoms in total. The Morgan fingerprint density at radius 1 is 1.29 bits per heavy atom. The Labute approximate surface area is 93.2 Å². The molecule has 0 radical (unpaired) electrons. The summed E-state index contributed by atoms with van der Waals surface area (Å²) < 4.78 is 6.12. The summed E-state index contributed by atoms with van der Waals surface area (Å²) in [6.45, 7) is 2.00. The van der Waals surface area contributed by atoms with Gasteiger partial charge in [0.25, 0.3) is 0 Å². The van der Waals surface area contributed by atoms with Crippen LogP contribution in [-0.4, -0.2) is 19.9 Å². The van der Waals surface area contributed by atoms with Gasteiger partial charge in [-0.2, -0.15) is 9.50 Å². The summed E-state index contributed by atoms with van der Waals surface area (Å²) in [5.41, 5.74) is 1.03. The largest absolute Gasteiger partial charge is 0.250 e. The van der Waals surface area contributed by atoms with Gasteiger partial charge < -0.3 is 0 Å². The first-order chi connectivity index (χ1) is 6.75. The Bertz CT molecular complexity index is 474. The van der Waals surface area contributed by atoms with Crippen LogP contribution in [0.5, 0.6) is 0 Å². The van der Waals surface area contributed by atoms with E-state index >= 15 is 0 Å². The first-order valence-electron chi connectivity index (χ1n) is 3.98. The van der Waals surface area contributed by atoms with E-state index in [2.05, 4.69) is 14.5 Å². The van der Waals surface area contributed by atoms with Gasteiger partial charge in [-0.25, -0.2) is 9.67 Å². The lowest BCUT2D eigenvalue weighted by Crippen LogP contribution is -2.05. The molecule has 0 aromatic carbocycles. The van der Waals surface area contributed by atoms with Crippen LogP contribution in [0.4, 0.5) is 5.82 Å². The molecule has 0 unspecified atom stereocenters. The fourth-order valence-corrected chi connectivity index (χ4v) is 4.40. The van der Waals surface area contributed by atoms with Gasteiger partial charge in [0.15, 0.2) is 5.82 Å². The number of rotatable bonds is 0. The van der Waals surface area contributed by atoms with Crippen molar-refractivity contribution in [2.75, 3.05) is 0 Å². The van der Waals surface area contributed by atoms with Gasteiger partial charge in [0.1, 0.15) is 10.1 Å². The third kappa shape index (κ3) is 1.15. The molecule has 0 N–H and O–H groups in total. The Morgan fingerprint density at radius 3 is 3.00 bits per heavy atom. The summed E-state index contributed by atoms with van der Waals surface area (Å²) in [5.74, 6) is 0.955. The van der Waals surface area contributed by atoms with Gasteiger partial charge in [-0.3, -0.25) is 0 Å². The quantitative estimate of drug-likeness (QED) is 0.518. The lowest BCUT2D eigenvalue weighted by Gasteiger charge is -2.08. The van der Waals surface area contributed by atoms with Gasteiger partial charge in [0.2, 0.25) is 0 Å². The van der Waals surface area contributed by atoms with E-state index in [-0.39, 0.29) is 0 Å². The highest BCUT2D eigenvalue weighted by Gasteiger charge is 2.28. The lowest BCUT2D eigenvalue weighted by atomic mass is 10.4. The minimum atomic E-state index is 0.955. The third-order valence-corrected chi connectivity index (χ3v) is 5.06. The number of hydrogen-bond donors (Lipinski definition) is 0. The van der Waals surface area contributed by atoms with Crippen LogP contribution in [0.2, 0.25) is 0 Å². The molecule has 14 heavy (non-hydrogen) atoms. The van der Waals surface area contributed by atoms with E-state index in [1.54, 1.807) is 22.6 Å². The van der Waals surface area contributed by atoms with Crippen LogP contribution < -0.4 is 0 Å². The highest BCUT2D eigenvalue weighted by Crippen LogP contribution is 2.46. The highest BCUT2D eigenvalue weighted by molar-refractivity contribution is 8.83. The molecule has 0 aliphatic carbocycles. The molecular weight excluding hydrogens is 236 g/mol. The number of hydrogen-bond acceptors (Lipinski definition) is 6. The Balaban J connectivity index is 2.22. The SMILES string of the molecule is Cc1nn(C)c2c1SC1=NSSC1=N2. The number of fused-ring (bicyclic) bond motifs is 2. The molecule has 0 amide bonds. The molecule has 7 heteroatoms. The molecule has 0 bridgehead atoms. The van der Waals surface area contributed by atoms with Crippen molar-refractivity contribution in [3.8, 4) is 0 Å². The van der Waals surface area contributed by atoms with Crippen LogP contribution in [0.3, 0.4) is 0 Å². The summed E-state index contributed by atoms with van der Waals surface area (Å²) >= 11 is 1.67. The highest BCUT2D eigenvalue weighted by atomic mass is 33.1. The molecule has 1 aromatic rings. The molecule has 72 valence electrons. The number of thioether (sulfide) groups is 1. The zero-order valence-electron chi connectivity index (χ0n) is 7.51. The lowest BCUT2D eigenvalue weighted by molar-refractivity contribution is 0.759. The standard InChI is InChI=1S/C7H6N4S3/c1-3-4-5(11(2)9-3)8-6-7(12-4)10-14-13-6/h1-2H3. The first kappa shape index (κ1) is 8.87. The molecule has 2 aliphatic rings. The number of aliphatic imine (C=N–C) groups is 1. The van der Waals surface area contributed by atoms with E-state index in [1.807, 2.05) is 18.7 Å². The minimum absolute atomic E-state index is 0.955. The average molecular weight is 242 g/mol. The molecule has 0 spiro atoms. The van der Waals surface area contributed by atoms with Crippen molar-refractivity contribution >= 4 is 49.4 Å². The van der Waals surface area contributed by atoms with Crippen molar-refractivity contribution in [3.63, 3.8) is 0 Å². The summed E-state index contributed by atoms with van der Waals surface area (Å²) in [6.07, 6.45) is 0. The van der Waals surface area contributed by atoms with E-state index in [0.717, 1.165) is 26.5 Å². The zero-order chi connectivity index (χ0) is 9.71. The molecule has 3 heterocycles. The van der Waals surface area contributed by atoms with Gasteiger partial charge in [-0.05, 0) is 17.7 Å². The van der Waals surface area contributed by atoms with E-state index < -0.39 is 0 Å². The predicted molar refractivity (Wildman–Crippen MR) is 63.5 cm³/mol. The monoisotopic (exact) mass is 242 g/mol. The van der Waals surface area contributed by atoms with Gasteiger partial charge >= 0.3 is 0 Å². The van der Waals surface area contributed by atoms with Crippen LogP contribution >= 0.6 is 33.5 Å². The topological polar surface area (TPSA) is 42.5 Å². The second-order valence-electron chi connectivity index (χ2n) is 2.94. The normalized spacial score (nSPS) is 18.7. The second kappa shape index (κ2) is 3.04. The summed E-state index contributed by atoms with van der Waals surface area (Å²) in [4.78, 5) is 5.67. The van der Waals surface area contributed by atoms with Crippen LogP contribution in [0.1, 0.15) is 5.69 Å². The summed E-state index contributed by atoms with van der Waals surface area (Å²) in [7, 11) is 5.02. The van der Waals surface area contributed by atoms with E-state index in [1.165, 1.54) is 11.0 Å². The Hall–Kier alpha value is -0.400. The number of aromatic nitrogens is 2. The number of aryl methyl sites for hydroxylation is 2. The van der Waals surface area contributed by atoms with E-state index in [9.17, 15) is 0 Å². The van der Waals surface area contributed by atoms with Crippen molar-refractivity contribution < 1.29 is 0 Å². The summed E-state index contributed by atoms with van der Waals surface area (Å²) in [5, 5.41) is 6.36. The molecule has 0 fully saturated rings. The maximum atomic E-state index is 4.54. The average Bonchev–Trinajstić information content (AvgIpc) is 2.70. The van der Waals surface area contributed by atoms with Gasteiger partial charge in [-0.1, -0.05) is 11.8 Å². The fraction of sp³-hybridized carbons (Fsp3) is 0.286. The molecule has 0 saturated heterocycles. The van der Waals surface area contributed by atoms with Crippen LogP contribution in [-0.2, 0) is 7.05 Å². The van der Waals surface area contributed by atoms with Crippen molar-refractivity contribution in [2.45, 2.75) is 11.8 Å². The van der Waals surface area contributed by atoms with Gasteiger partial charge in [-0.15, -0.1) is 0 Å². The first-order valence-corrected chi connectivity index (χ1v) is 6.90. The van der Waals surface area contributed by atoms with E-state index in [4.69, 9.17) is 0 Å². The van der Waals surface area contributed by atoms with Crippen molar-refractivity contribution in [1.82, 2.24) is 9.78 Å². The van der Waals surface area contributed by atoms with Crippen molar-refractivity contribution in [3.05, 3.63) is 5.69 Å². The van der Waals surface area contributed by atoms with Crippen LogP contribution in [0.25, 0.3) is 0 Å². The van der Waals surface area contributed by atoms with Crippen molar-refractivity contribution in [2.24, 2.45) is 16.4 Å². The Morgan fingerprint density at radius 2 is 2.14 bits per heavy atom.